The Balaban J connectivity index is 1.88. The van der Waals surface area contributed by atoms with E-state index in [0.29, 0.717) is 30.1 Å². The number of fused-ring (bicyclic) bond motifs is 1. The molecule has 144 valence electrons. The van der Waals surface area contributed by atoms with Gasteiger partial charge >= 0.3 is 0 Å². The van der Waals surface area contributed by atoms with Gasteiger partial charge in [-0.25, -0.2) is 8.42 Å². The molecule has 1 N–H and O–H groups in total. The summed E-state index contributed by atoms with van der Waals surface area (Å²) in [5, 5.41) is 0. The fourth-order valence-electron chi connectivity index (χ4n) is 3.49. The molecule has 0 spiro atoms. The molecule has 27 heavy (non-hydrogen) atoms. The SMILES string of the molecule is CCC(=O)N1CCc2ccc(NS(=O)(=O)c3cc(C)c(C)cc3C)cc2C1. The predicted octanol–water partition coefficient (Wildman–Crippen LogP) is 3.71. The second-order valence-corrected chi connectivity index (χ2v) is 8.86. The molecule has 0 saturated carbocycles. The molecule has 1 aliphatic heterocycles. The smallest absolute Gasteiger partial charge is 0.262 e. The van der Waals surface area contributed by atoms with E-state index >= 15 is 0 Å². The van der Waals surface area contributed by atoms with Crippen LogP contribution in [0.1, 0.15) is 41.2 Å². The first-order chi connectivity index (χ1) is 12.7. The fraction of sp³-hybridized carbons (Fsp3) is 0.381. The van der Waals surface area contributed by atoms with Crippen LogP contribution in [0.25, 0.3) is 0 Å². The Morgan fingerprint density at radius 2 is 1.74 bits per heavy atom. The molecule has 6 heteroatoms. The summed E-state index contributed by atoms with van der Waals surface area (Å²) in [5.74, 6) is 0.123. The molecule has 0 atom stereocenters. The number of rotatable bonds is 4. The van der Waals surface area contributed by atoms with Crippen LogP contribution in [0.5, 0.6) is 0 Å². The molecule has 0 saturated heterocycles. The molecule has 1 amide bonds. The van der Waals surface area contributed by atoms with Crippen molar-refractivity contribution >= 4 is 21.6 Å². The topological polar surface area (TPSA) is 66.5 Å². The van der Waals surface area contributed by atoms with Crippen LogP contribution in [-0.2, 0) is 27.8 Å². The second kappa shape index (κ2) is 7.35. The summed E-state index contributed by atoms with van der Waals surface area (Å²) in [4.78, 5) is 14.1. The van der Waals surface area contributed by atoms with Crippen molar-refractivity contribution in [3.8, 4) is 0 Å². The van der Waals surface area contributed by atoms with Crippen LogP contribution in [0.4, 0.5) is 5.69 Å². The average molecular weight is 387 g/mol. The molecule has 0 aliphatic carbocycles. The van der Waals surface area contributed by atoms with Gasteiger partial charge in [-0.05, 0) is 73.2 Å². The summed E-state index contributed by atoms with van der Waals surface area (Å²) < 4.78 is 28.5. The number of nitrogens with zero attached hydrogens (tertiary/aromatic N) is 1. The Kier molecular flexibility index (Phi) is 5.29. The molecule has 2 aromatic carbocycles. The van der Waals surface area contributed by atoms with Crippen molar-refractivity contribution in [3.63, 3.8) is 0 Å². The maximum Gasteiger partial charge on any atom is 0.262 e. The van der Waals surface area contributed by atoms with Gasteiger partial charge in [0.25, 0.3) is 10.0 Å². The van der Waals surface area contributed by atoms with Crippen LogP contribution in [0, 0.1) is 20.8 Å². The minimum atomic E-state index is -3.67. The summed E-state index contributed by atoms with van der Waals surface area (Å²) >= 11 is 0. The Labute approximate surface area is 161 Å². The molecule has 0 bridgehead atoms. The number of aryl methyl sites for hydroxylation is 3. The first-order valence-electron chi connectivity index (χ1n) is 9.21. The standard InChI is InChI=1S/C21H26N2O3S/c1-5-21(24)23-9-8-17-6-7-19(12-18(17)13-23)22-27(25,26)20-11-15(3)14(2)10-16(20)4/h6-7,10-12,22H,5,8-9,13H2,1-4H3. The maximum atomic E-state index is 12.9. The molecule has 1 heterocycles. The largest absolute Gasteiger partial charge is 0.338 e. The Morgan fingerprint density at radius 1 is 1.04 bits per heavy atom. The van der Waals surface area contributed by atoms with Gasteiger partial charge in [-0.2, -0.15) is 0 Å². The summed E-state index contributed by atoms with van der Waals surface area (Å²) in [6.45, 7) is 8.79. The normalized spacial score (nSPS) is 14.0. The highest BCUT2D eigenvalue weighted by Crippen LogP contribution is 2.26. The van der Waals surface area contributed by atoms with Crippen molar-refractivity contribution < 1.29 is 13.2 Å². The Hall–Kier alpha value is -2.34. The molecule has 0 unspecified atom stereocenters. The van der Waals surface area contributed by atoms with E-state index in [1.807, 2.05) is 50.8 Å². The Bertz CT molecular complexity index is 997. The van der Waals surface area contributed by atoms with Crippen molar-refractivity contribution in [3.05, 3.63) is 58.1 Å². The van der Waals surface area contributed by atoms with Crippen molar-refractivity contribution in [2.24, 2.45) is 0 Å². The lowest BCUT2D eigenvalue weighted by atomic mass is 9.99. The number of hydrogen-bond donors (Lipinski definition) is 1. The van der Waals surface area contributed by atoms with Gasteiger partial charge in [-0.3, -0.25) is 9.52 Å². The molecular formula is C21H26N2O3S. The third kappa shape index (κ3) is 4.00. The van der Waals surface area contributed by atoms with Gasteiger partial charge in [0.2, 0.25) is 5.91 Å². The zero-order valence-electron chi connectivity index (χ0n) is 16.3. The highest BCUT2D eigenvalue weighted by Gasteiger charge is 2.22. The van der Waals surface area contributed by atoms with Crippen molar-refractivity contribution in [1.82, 2.24) is 4.90 Å². The van der Waals surface area contributed by atoms with Crippen LogP contribution in [0.15, 0.2) is 35.2 Å². The van der Waals surface area contributed by atoms with Crippen LogP contribution in [-0.4, -0.2) is 25.8 Å². The van der Waals surface area contributed by atoms with E-state index in [-0.39, 0.29) is 5.91 Å². The minimum absolute atomic E-state index is 0.123. The molecule has 3 rings (SSSR count). The van der Waals surface area contributed by atoms with Crippen molar-refractivity contribution in [1.29, 1.82) is 0 Å². The number of benzene rings is 2. The van der Waals surface area contributed by atoms with Gasteiger partial charge in [0.15, 0.2) is 0 Å². The highest BCUT2D eigenvalue weighted by molar-refractivity contribution is 7.92. The van der Waals surface area contributed by atoms with Gasteiger partial charge in [0.05, 0.1) is 4.90 Å². The van der Waals surface area contributed by atoms with E-state index in [2.05, 4.69) is 4.72 Å². The fourth-order valence-corrected chi connectivity index (χ4v) is 4.85. The lowest BCUT2D eigenvalue weighted by Crippen LogP contribution is -2.35. The first kappa shape index (κ1) is 19.4. The van der Waals surface area contributed by atoms with E-state index in [0.717, 1.165) is 28.7 Å². The number of sulfonamides is 1. The molecular weight excluding hydrogens is 360 g/mol. The van der Waals surface area contributed by atoms with E-state index in [9.17, 15) is 13.2 Å². The third-order valence-electron chi connectivity index (χ3n) is 5.21. The lowest BCUT2D eigenvalue weighted by molar-refractivity contribution is -0.131. The van der Waals surface area contributed by atoms with Gasteiger partial charge in [-0.15, -0.1) is 0 Å². The monoisotopic (exact) mass is 386 g/mol. The predicted molar refractivity (Wildman–Crippen MR) is 107 cm³/mol. The quantitative estimate of drug-likeness (QED) is 0.871. The zero-order chi connectivity index (χ0) is 19.8. The van der Waals surface area contributed by atoms with Crippen LogP contribution < -0.4 is 4.72 Å². The van der Waals surface area contributed by atoms with Crippen molar-refractivity contribution in [2.45, 2.75) is 52.0 Å². The number of carbonyl (C=O) groups is 1. The van der Waals surface area contributed by atoms with E-state index in [4.69, 9.17) is 0 Å². The van der Waals surface area contributed by atoms with E-state index in [1.165, 1.54) is 5.56 Å². The van der Waals surface area contributed by atoms with Gasteiger partial charge in [-0.1, -0.05) is 19.1 Å². The van der Waals surface area contributed by atoms with E-state index < -0.39 is 10.0 Å². The highest BCUT2D eigenvalue weighted by atomic mass is 32.2. The maximum absolute atomic E-state index is 12.9. The van der Waals surface area contributed by atoms with Crippen LogP contribution in [0.2, 0.25) is 0 Å². The summed E-state index contributed by atoms with van der Waals surface area (Å²) in [7, 11) is -3.67. The molecule has 0 aromatic heterocycles. The molecule has 2 aromatic rings. The first-order valence-corrected chi connectivity index (χ1v) is 10.7. The van der Waals surface area contributed by atoms with Crippen LogP contribution >= 0.6 is 0 Å². The summed E-state index contributed by atoms with van der Waals surface area (Å²) in [6, 6.07) is 9.20. The lowest BCUT2D eigenvalue weighted by Gasteiger charge is -2.29. The number of hydrogen-bond acceptors (Lipinski definition) is 3. The molecule has 0 fully saturated rings. The number of carbonyl (C=O) groups excluding carboxylic acids is 1. The molecule has 1 aliphatic rings. The number of amides is 1. The third-order valence-corrected chi connectivity index (χ3v) is 6.73. The second-order valence-electron chi connectivity index (χ2n) is 7.21. The number of nitrogens with one attached hydrogen (secondary N) is 1. The van der Waals surface area contributed by atoms with E-state index in [1.54, 1.807) is 12.1 Å². The number of anilines is 1. The molecule has 5 nitrogen and oxygen atoms in total. The summed E-state index contributed by atoms with van der Waals surface area (Å²) in [5.41, 5.74) is 5.43. The minimum Gasteiger partial charge on any atom is -0.338 e. The average Bonchev–Trinajstić information content (AvgIpc) is 2.63. The summed E-state index contributed by atoms with van der Waals surface area (Å²) in [6.07, 6.45) is 1.28. The van der Waals surface area contributed by atoms with Gasteiger partial charge in [0, 0.05) is 25.2 Å². The van der Waals surface area contributed by atoms with Gasteiger partial charge < -0.3 is 4.90 Å². The molecule has 0 radical (unpaired) electrons. The zero-order valence-corrected chi connectivity index (χ0v) is 17.1. The van der Waals surface area contributed by atoms with Crippen LogP contribution in [0.3, 0.4) is 0 Å². The van der Waals surface area contributed by atoms with Crippen molar-refractivity contribution in [2.75, 3.05) is 11.3 Å². The van der Waals surface area contributed by atoms with Gasteiger partial charge in [0.1, 0.15) is 0 Å². The Morgan fingerprint density at radius 3 is 2.44 bits per heavy atom.